The number of rotatable bonds is 8. The average Bonchev–Trinajstić information content (AvgIpc) is 3.18. The number of anilines is 1. The Balaban J connectivity index is 0.00000272. The molecule has 2 aromatic carbocycles. The Morgan fingerprint density at radius 1 is 0.968 bits per heavy atom. The third kappa shape index (κ3) is 6.52. The van der Waals surface area contributed by atoms with Crippen molar-refractivity contribution < 1.29 is 9.15 Å². The number of furan rings is 1. The Labute approximate surface area is 191 Å². The molecular formula is C26H33ClN2O2. The molecule has 4 nitrogen and oxygen atoms in total. The van der Waals surface area contributed by atoms with Gasteiger partial charge in [0, 0.05) is 37.8 Å². The molecule has 0 radical (unpaired) electrons. The van der Waals surface area contributed by atoms with Crippen LogP contribution in [0.15, 0.2) is 52.9 Å². The smallest absolute Gasteiger partial charge is 0.138 e. The minimum Gasteiger partial charge on any atom is -0.493 e. The molecule has 31 heavy (non-hydrogen) atoms. The van der Waals surface area contributed by atoms with Crippen molar-refractivity contribution in [2.45, 2.75) is 25.7 Å². The summed E-state index contributed by atoms with van der Waals surface area (Å²) in [5, 5.41) is 1.10. The van der Waals surface area contributed by atoms with Crippen molar-refractivity contribution in [2.24, 2.45) is 0 Å². The lowest BCUT2D eigenvalue weighted by Gasteiger charge is -2.26. The van der Waals surface area contributed by atoms with Gasteiger partial charge in [0.15, 0.2) is 0 Å². The van der Waals surface area contributed by atoms with Crippen LogP contribution >= 0.6 is 12.4 Å². The molecule has 0 atom stereocenters. The number of ether oxygens (including phenoxy) is 1. The maximum absolute atomic E-state index is 6.01. The summed E-state index contributed by atoms with van der Waals surface area (Å²) < 4.78 is 12.0. The van der Waals surface area contributed by atoms with Crippen molar-refractivity contribution in [3.8, 4) is 5.75 Å². The Morgan fingerprint density at radius 2 is 1.74 bits per heavy atom. The minimum absolute atomic E-state index is 0. The number of halogens is 1. The summed E-state index contributed by atoms with van der Waals surface area (Å²) in [5.74, 6) is 1.73. The van der Waals surface area contributed by atoms with E-state index in [1.807, 2.05) is 32.3 Å². The van der Waals surface area contributed by atoms with Gasteiger partial charge in [0.2, 0.25) is 0 Å². The lowest BCUT2D eigenvalue weighted by Crippen LogP contribution is -2.31. The molecule has 0 amide bonds. The second kappa shape index (κ2) is 11.3. The molecular weight excluding hydrogens is 408 g/mol. The maximum atomic E-state index is 6.01. The van der Waals surface area contributed by atoms with Crippen molar-refractivity contribution in [3.63, 3.8) is 0 Å². The number of hydrogen-bond donors (Lipinski definition) is 0. The monoisotopic (exact) mass is 440 g/mol. The van der Waals surface area contributed by atoms with Crippen LogP contribution in [0.5, 0.6) is 5.75 Å². The van der Waals surface area contributed by atoms with Gasteiger partial charge < -0.3 is 19.0 Å². The number of fused-ring (bicyclic) bond motifs is 1. The van der Waals surface area contributed by atoms with Crippen LogP contribution in [0.25, 0.3) is 23.1 Å². The molecule has 1 aliphatic rings. The molecule has 1 aromatic heterocycles. The Kier molecular flexibility index (Phi) is 8.44. The van der Waals surface area contributed by atoms with E-state index in [1.165, 1.54) is 38.0 Å². The van der Waals surface area contributed by atoms with Gasteiger partial charge in [-0.05, 0) is 74.3 Å². The van der Waals surface area contributed by atoms with Gasteiger partial charge in [-0.15, -0.1) is 12.4 Å². The SMILES string of the molecule is CN(C)c1ccc(/C=C/c2cc3ccc(OCCCN4CCCCC4)cc3o2)cc1.Cl. The zero-order chi connectivity index (χ0) is 20.8. The fraction of sp³-hybridized carbons (Fsp3) is 0.385. The highest BCUT2D eigenvalue weighted by Gasteiger charge is 2.09. The quantitative estimate of drug-likeness (QED) is 0.382. The van der Waals surface area contributed by atoms with Gasteiger partial charge in [0.25, 0.3) is 0 Å². The van der Waals surface area contributed by atoms with Crippen LogP contribution in [0, 0.1) is 0 Å². The van der Waals surface area contributed by atoms with Crippen molar-refractivity contribution in [1.82, 2.24) is 4.90 Å². The molecule has 0 unspecified atom stereocenters. The van der Waals surface area contributed by atoms with Gasteiger partial charge in [-0.1, -0.05) is 24.6 Å². The summed E-state index contributed by atoms with van der Waals surface area (Å²) in [6, 6.07) is 16.6. The number of nitrogens with zero attached hydrogens (tertiary/aromatic N) is 2. The fourth-order valence-electron chi connectivity index (χ4n) is 3.93. The van der Waals surface area contributed by atoms with Crippen LogP contribution in [0.1, 0.15) is 37.0 Å². The van der Waals surface area contributed by atoms with Gasteiger partial charge >= 0.3 is 0 Å². The molecule has 1 fully saturated rings. The third-order valence-corrected chi connectivity index (χ3v) is 5.70. The third-order valence-electron chi connectivity index (χ3n) is 5.70. The van der Waals surface area contributed by atoms with Gasteiger partial charge in [0.1, 0.15) is 17.1 Å². The van der Waals surface area contributed by atoms with E-state index in [4.69, 9.17) is 9.15 Å². The molecule has 166 valence electrons. The van der Waals surface area contributed by atoms with Crippen molar-refractivity contribution in [3.05, 3.63) is 59.9 Å². The lowest BCUT2D eigenvalue weighted by atomic mass is 10.1. The first-order valence-corrected chi connectivity index (χ1v) is 11.0. The zero-order valence-electron chi connectivity index (χ0n) is 18.5. The Morgan fingerprint density at radius 3 is 2.48 bits per heavy atom. The molecule has 0 spiro atoms. The van der Waals surface area contributed by atoms with E-state index in [0.29, 0.717) is 0 Å². The average molecular weight is 441 g/mol. The van der Waals surface area contributed by atoms with E-state index in [1.54, 1.807) is 0 Å². The first-order valence-electron chi connectivity index (χ1n) is 11.0. The first-order chi connectivity index (χ1) is 14.7. The van der Waals surface area contributed by atoms with Gasteiger partial charge in [0.05, 0.1) is 6.61 Å². The molecule has 3 aromatic rings. The predicted molar refractivity (Wildman–Crippen MR) is 134 cm³/mol. The molecule has 0 aliphatic carbocycles. The number of benzene rings is 2. The van der Waals surface area contributed by atoms with E-state index >= 15 is 0 Å². The van der Waals surface area contributed by atoms with Crippen LogP contribution in [-0.4, -0.2) is 45.2 Å². The first kappa shape index (κ1) is 23.2. The van der Waals surface area contributed by atoms with E-state index in [2.05, 4.69) is 52.3 Å². The Bertz CT molecular complexity index is 973. The van der Waals surface area contributed by atoms with Crippen LogP contribution in [0.4, 0.5) is 5.69 Å². The van der Waals surface area contributed by atoms with Crippen LogP contribution in [0.3, 0.4) is 0 Å². The summed E-state index contributed by atoms with van der Waals surface area (Å²) in [7, 11) is 4.10. The summed E-state index contributed by atoms with van der Waals surface area (Å²) in [4.78, 5) is 4.65. The van der Waals surface area contributed by atoms with Gasteiger partial charge in [-0.3, -0.25) is 0 Å². The maximum Gasteiger partial charge on any atom is 0.138 e. The standard InChI is InChI=1S/C26H32N2O2.ClH/c1-27(2)23-11-7-21(8-12-23)9-13-25-19-22-10-14-24(20-26(22)30-25)29-18-6-17-28-15-4-3-5-16-28;/h7-14,19-20H,3-6,15-18H2,1-2H3;1H/b13-9+;. The second-order valence-corrected chi connectivity index (χ2v) is 8.27. The normalized spacial score (nSPS) is 14.6. The minimum atomic E-state index is 0. The lowest BCUT2D eigenvalue weighted by molar-refractivity contribution is 0.205. The second-order valence-electron chi connectivity index (χ2n) is 8.27. The largest absolute Gasteiger partial charge is 0.493 e. The molecule has 4 rings (SSSR count). The molecule has 2 heterocycles. The summed E-state index contributed by atoms with van der Waals surface area (Å²) in [6.45, 7) is 4.37. The summed E-state index contributed by atoms with van der Waals surface area (Å²) >= 11 is 0. The van der Waals surface area contributed by atoms with Crippen molar-refractivity contribution in [1.29, 1.82) is 0 Å². The van der Waals surface area contributed by atoms with Crippen LogP contribution in [0.2, 0.25) is 0 Å². The number of likely N-dealkylation sites (tertiary alicyclic amines) is 1. The summed E-state index contributed by atoms with van der Waals surface area (Å²) in [6.07, 6.45) is 9.23. The van der Waals surface area contributed by atoms with Gasteiger partial charge in [-0.2, -0.15) is 0 Å². The van der Waals surface area contributed by atoms with E-state index in [-0.39, 0.29) is 12.4 Å². The zero-order valence-corrected chi connectivity index (χ0v) is 19.4. The predicted octanol–water partition coefficient (Wildman–Crippen LogP) is 6.35. The number of piperidine rings is 1. The summed E-state index contributed by atoms with van der Waals surface area (Å²) in [5.41, 5.74) is 3.21. The molecule has 0 saturated carbocycles. The van der Waals surface area contributed by atoms with Crippen molar-refractivity contribution >= 4 is 41.2 Å². The van der Waals surface area contributed by atoms with Crippen LogP contribution < -0.4 is 9.64 Å². The topological polar surface area (TPSA) is 28.9 Å². The molecule has 1 saturated heterocycles. The number of hydrogen-bond acceptors (Lipinski definition) is 4. The van der Waals surface area contributed by atoms with E-state index < -0.39 is 0 Å². The van der Waals surface area contributed by atoms with E-state index in [9.17, 15) is 0 Å². The van der Waals surface area contributed by atoms with Crippen molar-refractivity contribution in [2.75, 3.05) is 45.2 Å². The van der Waals surface area contributed by atoms with Crippen LogP contribution in [-0.2, 0) is 0 Å². The molecule has 5 heteroatoms. The fourth-order valence-corrected chi connectivity index (χ4v) is 3.93. The molecule has 1 aliphatic heterocycles. The highest BCUT2D eigenvalue weighted by Crippen LogP contribution is 2.26. The Hall–Kier alpha value is -2.43. The molecule has 0 N–H and O–H groups in total. The van der Waals surface area contributed by atoms with E-state index in [0.717, 1.165) is 47.6 Å². The highest BCUT2D eigenvalue weighted by atomic mass is 35.5. The molecule has 0 bridgehead atoms. The van der Waals surface area contributed by atoms with Gasteiger partial charge in [-0.25, -0.2) is 0 Å². The highest BCUT2D eigenvalue weighted by molar-refractivity contribution is 5.85.